The fourth-order valence-corrected chi connectivity index (χ4v) is 2.84. The summed E-state index contributed by atoms with van der Waals surface area (Å²) < 4.78 is 0. The van der Waals surface area contributed by atoms with E-state index in [1.807, 2.05) is 0 Å². The fourth-order valence-electron chi connectivity index (χ4n) is 2.67. The van der Waals surface area contributed by atoms with Crippen molar-refractivity contribution in [2.75, 3.05) is 19.0 Å². The van der Waals surface area contributed by atoms with Gasteiger partial charge < -0.3 is 10.2 Å². The lowest BCUT2D eigenvalue weighted by Crippen LogP contribution is -2.46. The van der Waals surface area contributed by atoms with Crippen LogP contribution in [0.15, 0.2) is 24.3 Å². The van der Waals surface area contributed by atoms with E-state index in [1.165, 1.54) is 11.1 Å². The third-order valence-corrected chi connectivity index (χ3v) is 4.32. The van der Waals surface area contributed by atoms with E-state index in [2.05, 4.69) is 36.5 Å². The maximum atomic E-state index is 12.0. The predicted octanol–water partition coefficient (Wildman–Crippen LogP) is 2.27. The van der Waals surface area contributed by atoms with Crippen molar-refractivity contribution >= 4 is 23.4 Å². The van der Waals surface area contributed by atoms with E-state index in [0.717, 1.165) is 19.3 Å². The molecule has 0 atom stereocenters. The van der Waals surface area contributed by atoms with Gasteiger partial charge in [0.25, 0.3) is 0 Å². The fraction of sp³-hybridized carbons (Fsp3) is 0.529. The van der Waals surface area contributed by atoms with E-state index < -0.39 is 0 Å². The molecule has 1 aromatic rings. The summed E-state index contributed by atoms with van der Waals surface area (Å²) in [5, 5.41) is 3.07. The van der Waals surface area contributed by atoms with Gasteiger partial charge in [0, 0.05) is 25.6 Å². The molecule has 4 nitrogen and oxygen atoms in total. The summed E-state index contributed by atoms with van der Waals surface area (Å²) in [6.07, 6.45) is 2.87. The Morgan fingerprint density at radius 3 is 2.45 bits per heavy atom. The van der Waals surface area contributed by atoms with Crippen LogP contribution in [-0.2, 0) is 16.0 Å². The number of nitrogens with zero attached hydrogens (tertiary/aromatic N) is 1. The number of rotatable bonds is 5. The smallest absolute Gasteiger partial charge is 0.237 e. The minimum Gasteiger partial charge on any atom is -0.353 e. The predicted molar refractivity (Wildman–Crippen MR) is 88.0 cm³/mol. The van der Waals surface area contributed by atoms with Gasteiger partial charge in [-0.2, -0.15) is 0 Å². The van der Waals surface area contributed by atoms with Crippen molar-refractivity contribution in [3.63, 3.8) is 0 Å². The number of hydrogen-bond donors (Lipinski definition) is 1. The summed E-state index contributed by atoms with van der Waals surface area (Å²) >= 11 is 5.55. The van der Waals surface area contributed by atoms with Crippen molar-refractivity contribution in [2.24, 2.45) is 0 Å². The Kier molecular flexibility index (Phi) is 6.25. The van der Waals surface area contributed by atoms with Crippen molar-refractivity contribution in [3.8, 4) is 0 Å². The number of benzene rings is 1. The van der Waals surface area contributed by atoms with Gasteiger partial charge in [0.15, 0.2) is 0 Å². The monoisotopic (exact) mass is 322 g/mol. The van der Waals surface area contributed by atoms with E-state index in [-0.39, 0.29) is 23.7 Å². The summed E-state index contributed by atoms with van der Waals surface area (Å²) in [7, 11) is 0. The van der Waals surface area contributed by atoms with E-state index in [1.54, 1.807) is 4.90 Å². The van der Waals surface area contributed by atoms with Crippen LogP contribution in [0.4, 0.5) is 0 Å². The second-order valence-electron chi connectivity index (χ2n) is 5.84. The highest BCUT2D eigenvalue weighted by Crippen LogP contribution is 2.12. The normalized spacial score (nSPS) is 15.6. The number of piperidine rings is 1. The molecule has 120 valence electrons. The van der Waals surface area contributed by atoms with E-state index in [0.29, 0.717) is 19.5 Å². The van der Waals surface area contributed by atoms with Crippen LogP contribution < -0.4 is 5.32 Å². The molecule has 0 unspecified atom stereocenters. The Bertz CT molecular complexity index is 508. The van der Waals surface area contributed by atoms with Crippen molar-refractivity contribution in [1.82, 2.24) is 10.2 Å². The number of aryl methyl sites for hydroxylation is 2. The topological polar surface area (TPSA) is 49.4 Å². The van der Waals surface area contributed by atoms with Gasteiger partial charge in [-0.3, -0.25) is 9.59 Å². The van der Waals surface area contributed by atoms with Crippen LogP contribution in [0.1, 0.15) is 30.4 Å². The van der Waals surface area contributed by atoms with Gasteiger partial charge in [-0.15, -0.1) is 11.6 Å². The van der Waals surface area contributed by atoms with Crippen LogP contribution in [0.5, 0.6) is 0 Å². The van der Waals surface area contributed by atoms with Crippen molar-refractivity contribution in [1.29, 1.82) is 0 Å². The zero-order valence-electron chi connectivity index (χ0n) is 13.0. The lowest BCUT2D eigenvalue weighted by atomic mass is 10.0. The molecule has 0 radical (unpaired) electrons. The summed E-state index contributed by atoms with van der Waals surface area (Å²) in [5.41, 5.74) is 2.41. The first kappa shape index (κ1) is 16.8. The first-order chi connectivity index (χ1) is 10.6. The van der Waals surface area contributed by atoms with Crippen molar-refractivity contribution in [3.05, 3.63) is 35.4 Å². The molecule has 2 rings (SSSR count). The first-order valence-corrected chi connectivity index (χ1v) is 8.30. The minimum atomic E-state index is -0.0224. The lowest BCUT2D eigenvalue weighted by molar-refractivity contribution is -0.129. The molecule has 1 fully saturated rings. The van der Waals surface area contributed by atoms with Crippen LogP contribution in [-0.4, -0.2) is 41.7 Å². The summed E-state index contributed by atoms with van der Waals surface area (Å²) in [6, 6.07) is 8.44. The Hall–Kier alpha value is -1.55. The van der Waals surface area contributed by atoms with E-state index >= 15 is 0 Å². The number of carbonyl (C=O) groups is 2. The molecule has 1 heterocycles. The molecular formula is C17H23ClN2O2. The number of alkyl halides is 1. The number of carbonyl (C=O) groups excluding carboxylic acids is 2. The van der Waals surface area contributed by atoms with Crippen LogP contribution in [0.2, 0.25) is 0 Å². The molecule has 1 saturated heterocycles. The standard InChI is InChI=1S/C17H23ClN2O2/c1-13-2-4-14(5-3-13)6-7-16(21)19-15-8-10-20(11-9-15)17(22)12-18/h2-5,15H,6-12H2,1H3,(H,19,21). The van der Waals surface area contributed by atoms with Gasteiger partial charge in [0.1, 0.15) is 5.88 Å². The molecule has 2 amide bonds. The molecule has 1 aromatic carbocycles. The van der Waals surface area contributed by atoms with Gasteiger partial charge in [-0.25, -0.2) is 0 Å². The number of halogens is 1. The van der Waals surface area contributed by atoms with Gasteiger partial charge in [0.2, 0.25) is 11.8 Å². The molecule has 22 heavy (non-hydrogen) atoms. The lowest BCUT2D eigenvalue weighted by Gasteiger charge is -2.32. The van der Waals surface area contributed by atoms with Crippen molar-refractivity contribution in [2.45, 2.75) is 38.6 Å². The molecular weight excluding hydrogens is 300 g/mol. The number of amides is 2. The molecule has 5 heteroatoms. The maximum absolute atomic E-state index is 12.0. The Morgan fingerprint density at radius 2 is 1.86 bits per heavy atom. The maximum Gasteiger partial charge on any atom is 0.237 e. The molecule has 1 N–H and O–H groups in total. The second kappa shape index (κ2) is 8.18. The minimum absolute atomic E-state index is 0.0224. The molecule has 0 aliphatic carbocycles. The summed E-state index contributed by atoms with van der Waals surface area (Å²) in [4.78, 5) is 25.3. The SMILES string of the molecule is Cc1ccc(CCC(=O)NC2CCN(C(=O)CCl)CC2)cc1. The highest BCUT2D eigenvalue weighted by atomic mass is 35.5. The summed E-state index contributed by atoms with van der Waals surface area (Å²) in [5.74, 6) is 0.0987. The molecule has 0 spiro atoms. The Balaban J connectivity index is 1.69. The van der Waals surface area contributed by atoms with Gasteiger partial charge >= 0.3 is 0 Å². The molecule has 0 bridgehead atoms. The third kappa shape index (κ3) is 5.02. The van der Waals surface area contributed by atoms with Gasteiger partial charge in [-0.1, -0.05) is 29.8 Å². The largest absolute Gasteiger partial charge is 0.353 e. The zero-order valence-corrected chi connectivity index (χ0v) is 13.7. The van der Waals surface area contributed by atoms with Crippen molar-refractivity contribution < 1.29 is 9.59 Å². The van der Waals surface area contributed by atoms with Gasteiger partial charge in [0.05, 0.1) is 0 Å². The molecule has 1 aliphatic heterocycles. The molecule has 0 aromatic heterocycles. The molecule has 1 aliphatic rings. The Morgan fingerprint density at radius 1 is 1.23 bits per heavy atom. The van der Waals surface area contributed by atoms with Crippen LogP contribution in [0.3, 0.4) is 0 Å². The Labute approximate surface area is 136 Å². The highest BCUT2D eigenvalue weighted by molar-refractivity contribution is 6.27. The zero-order chi connectivity index (χ0) is 15.9. The average molecular weight is 323 g/mol. The van der Waals surface area contributed by atoms with Crippen LogP contribution in [0.25, 0.3) is 0 Å². The van der Waals surface area contributed by atoms with Gasteiger partial charge in [-0.05, 0) is 31.7 Å². The van der Waals surface area contributed by atoms with Crippen LogP contribution in [0, 0.1) is 6.92 Å². The van der Waals surface area contributed by atoms with E-state index in [9.17, 15) is 9.59 Å². The first-order valence-electron chi connectivity index (χ1n) is 7.77. The quantitative estimate of drug-likeness (QED) is 0.845. The molecule has 0 saturated carbocycles. The van der Waals surface area contributed by atoms with Crippen LogP contribution >= 0.6 is 11.6 Å². The number of likely N-dealkylation sites (tertiary alicyclic amines) is 1. The second-order valence-corrected chi connectivity index (χ2v) is 6.11. The summed E-state index contributed by atoms with van der Waals surface area (Å²) in [6.45, 7) is 3.40. The van der Waals surface area contributed by atoms with E-state index in [4.69, 9.17) is 11.6 Å². The third-order valence-electron chi connectivity index (χ3n) is 4.09. The highest BCUT2D eigenvalue weighted by Gasteiger charge is 2.23. The number of hydrogen-bond acceptors (Lipinski definition) is 2. The average Bonchev–Trinajstić information content (AvgIpc) is 2.54. The number of nitrogens with one attached hydrogen (secondary N) is 1.